The van der Waals surface area contributed by atoms with Gasteiger partial charge in [0.1, 0.15) is 0 Å². The molecule has 0 saturated heterocycles. The maximum atomic E-state index is 13.3. The largest absolute Gasteiger partial charge is 0.462 e. The number of carbonyl (C=O) groups is 1. The number of alkyl halides is 6. The van der Waals surface area contributed by atoms with Crippen LogP contribution >= 0.6 is 0 Å². The number of aromatic amines is 1. The van der Waals surface area contributed by atoms with E-state index in [2.05, 4.69) is 10.1 Å². The van der Waals surface area contributed by atoms with Gasteiger partial charge in [-0.1, -0.05) is 24.3 Å². The van der Waals surface area contributed by atoms with Crippen molar-refractivity contribution in [3.63, 3.8) is 0 Å². The fourth-order valence-corrected chi connectivity index (χ4v) is 3.77. The van der Waals surface area contributed by atoms with Crippen LogP contribution in [0.4, 0.5) is 26.3 Å². The molecule has 6 nitrogen and oxygen atoms in total. The number of benzene rings is 2. The van der Waals surface area contributed by atoms with Gasteiger partial charge in [0.05, 0.1) is 23.4 Å². The third-order valence-corrected chi connectivity index (χ3v) is 5.43. The van der Waals surface area contributed by atoms with Crippen LogP contribution in [0.25, 0.3) is 28.0 Å². The molecule has 0 unspecified atom stereocenters. The smallest absolute Gasteiger partial charge is 0.416 e. The van der Waals surface area contributed by atoms with Gasteiger partial charge in [0.2, 0.25) is 0 Å². The summed E-state index contributed by atoms with van der Waals surface area (Å²) in [5, 5.41) is 2.75. The van der Waals surface area contributed by atoms with Crippen molar-refractivity contribution in [2.45, 2.75) is 26.2 Å². The summed E-state index contributed by atoms with van der Waals surface area (Å²) in [5.74, 6) is -1.03. The van der Waals surface area contributed by atoms with Gasteiger partial charge in [0, 0.05) is 16.8 Å². The highest BCUT2D eigenvalue weighted by molar-refractivity contribution is 5.97. The van der Waals surface area contributed by atoms with E-state index >= 15 is 0 Å². The lowest BCUT2D eigenvalue weighted by molar-refractivity contribution is -0.138. The molecule has 36 heavy (non-hydrogen) atoms. The van der Waals surface area contributed by atoms with Crippen LogP contribution < -0.4 is 5.56 Å². The molecule has 0 radical (unpaired) electrons. The summed E-state index contributed by atoms with van der Waals surface area (Å²) in [7, 11) is 0. The molecule has 4 aromatic rings. The van der Waals surface area contributed by atoms with Gasteiger partial charge in [-0.25, -0.2) is 14.3 Å². The Morgan fingerprint density at radius 2 is 1.42 bits per heavy atom. The quantitative estimate of drug-likeness (QED) is 0.275. The van der Waals surface area contributed by atoms with E-state index in [9.17, 15) is 35.9 Å². The van der Waals surface area contributed by atoms with Crippen LogP contribution in [0.15, 0.2) is 53.3 Å². The lowest BCUT2D eigenvalue weighted by Gasteiger charge is -2.11. The number of esters is 1. The van der Waals surface area contributed by atoms with E-state index in [1.165, 1.54) is 19.1 Å². The standard InChI is InChI=1S/C24H17F6N3O3/c1-3-36-22(35)18-19(14-6-10-16(11-7-14)24(28,29)30)31-20-17(12(2)32-33(20)21(18)34)13-4-8-15(9-5-13)23(25,26)27/h4-11,32H,3H2,1-2H3. The second kappa shape index (κ2) is 8.85. The molecule has 0 atom stereocenters. The summed E-state index contributed by atoms with van der Waals surface area (Å²) in [5.41, 5.74) is -2.46. The zero-order chi connectivity index (χ0) is 26.4. The van der Waals surface area contributed by atoms with E-state index in [-0.39, 0.29) is 29.1 Å². The van der Waals surface area contributed by atoms with Crippen molar-refractivity contribution in [1.82, 2.24) is 14.6 Å². The molecule has 188 valence electrons. The van der Waals surface area contributed by atoms with Crippen molar-refractivity contribution in [3.8, 4) is 22.4 Å². The Morgan fingerprint density at radius 1 is 0.917 bits per heavy atom. The van der Waals surface area contributed by atoms with E-state index in [1.54, 1.807) is 6.92 Å². The maximum Gasteiger partial charge on any atom is 0.416 e. The van der Waals surface area contributed by atoms with Crippen LogP contribution in [-0.2, 0) is 17.1 Å². The van der Waals surface area contributed by atoms with Crippen LogP contribution in [0.2, 0.25) is 0 Å². The van der Waals surface area contributed by atoms with Gasteiger partial charge in [-0.15, -0.1) is 0 Å². The van der Waals surface area contributed by atoms with E-state index in [1.807, 2.05) is 0 Å². The summed E-state index contributed by atoms with van der Waals surface area (Å²) >= 11 is 0. The van der Waals surface area contributed by atoms with Gasteiger partial charge < -0.3 is 4.74 Å². The molecule has 4 rings (SSSR count). The summed E-state index contributed by atoms with van der Waals surface area (Å²) in [6.07, 6.45) is -9.15. The van der Waals surface area contributed by atoms with Gasteiger partial charge in [-0.2, -0.15) is 26.3 Å². The fourth-order valence-electron chi connectivity index (χ4n) is 3.77. The number of aromatic nitrogens is 3. The van der Waals surface area contributed by atoms with Gasteiger partial charge >= 0.3 is 18.3 Å². The van der Waals surface area contributed by atoms with Crippen molar-refractivity contribution < 1.29 is 35.9 Å². The highest BCUT2D eigenvalue weighted by Gasteiger charge is 2.32. The first-order chi connectivity index (χ1) is 16.8. The fraction of sp³-hybridized carbons (Fsp3) is 0.208. The molecule has 0 aliphatic heterocycles. The van der Waals surface area contributed by atoms with Crippen molar-refractivity contribution in [3.05, 3.63) is 81.3 Å². The highest BCUT2D eigenvalue weighted by Crippen LogP contribution is 2.34. The Hall–Kier alpha value is -4.09. The number of nitrogens with one attached hydrogen (secondary N) is 1. The predicted molar refractivity (Wildman–Crippen MR) is 117 cm³/mol. The van der Waals surface area contributed by atoms with Crippen molar-refractivity contribution >= 4 is 11.6 Å². The molecule has 12 heteroatoms. The second-order valence-electron chi connectivity index (χ2n) is 7.78. The van der Waals surface area contributed by atoms with E-state index in [0.29, 0.717) is 11.3 Å². The molecule has 0 amide bonds. The van der Waals surface area contributed by atoms with E-state index in [4.69, 9.17) is 4.74 Å². The Kier molecular flexibility index (Phi) is 6.15. The van der Waals surface area contributed by atoms with Crippen molar-refractivity contribution in [2.24, 2.45) is 0 Å². The number of ether oxygens (including phenoxy) is 1. The Morgan fingerprint density at radius 3 is 1.89 bits per heavy atom. The molecule has 2 aromatic carbocycles. The molecule has 0 fully saturated rings. The van der Waals surface area contributed by atoms with Crippen LogP contribution in [-0.4, -0.2) is 27.2 Å². The highest BCUT2D eigenvalue weighted by atomic mass is 19.4. The first-order valence-electron chi connectivity index (χ1n) is 10.5. The summed E-state index contributed by atoms with van der Waals surface area (Å²) in [6, 6.07) is 7.88. The normalized spacial score (nSPS) is 12.2. The lowest BCUT2D eigenvalue weighted by Crippen LogP contribution is -2.26. The minimum atomic E-state index is -4.60. The number of H-pyrrole nitrogens is 1. The van der Waals surface area contributed by atoms with Crippen LogP contribution in [0.3, 0.4) is 0 Å². The topological polar surface area (TPSA) is 76.5 Å². The van der Waals surface area contributed by atoms with Gasteiger partial charge in [0.25, 0.3) is 5.56 Å². The van der Waals surface area contributed by atoms with E-state index in [0.717, 1.165) is 40.9 Å². The SMILES string of the molecule is CCOC(=O)c1c(-c2ccc(C(F)(F)F)cc2)nc2c(-c3ccc(C(F)(F)F)cc3)c(C)[nH]n2c1=O. The molecule has 2 heterocycles. The van der Waals surface area contributed by atoms with Gasteiger partial charge in [0.15, 0.2) is 11.2 Å². The van der Waals surface area contributed by atoms with Crippen molar-refractivity contribution in [2.75, 3.05) is 6.61 Å². The molecule has 1 N–H and O–H groups in total. The first kappa shape index (κ1) is 25.0. The molecule has 0 aliphatic carbocycles. The average molecular weight is 509 g/mol. The third kappa shape index (κ3) is 4.45. The number of halogens is 6. The lowest BCUT2D eigenvalue weighted by atomic mass is 10.0. The third-order valence-electron chi connectivity index (χ3n) is 5.43. The maximum absolute atomic E-state index is 13.3. The summed E-state index contributed by atoms with van der Waals surface area (Å²) in [6.45, 7) is 3.00. The number of nitrogens with zero attached hydrogens (tertiary/aromatic N) is 2. The number of hydrogen-bond donors (Lipinski definition) is 1. The monoisotopic (exact) mass is 509 g/mol. The van der Waals surface area contributed by atoms with Crippen molar-refractivity contribution in [1.29, 1.82) is 0 Å². The predicted octanol–water partition coefficient (Wildman–Crippen LogP) is 5.88. The molecule has 0 aliphatic rings. The Balaban J connectivity index is 1.98. The number of fused-ring (bicyclic) bond motifs is 1. The molecular weight excluding hydrogens is 492 g/mol. The molecule has 0 bridgehead atoms. The molecule has 2 aromatic heterocycles. The molecule has 0 saturated carbocycles. The summed E-state index contributed by atoms with van der Waals surface area (Å²) < 4.78 is 84.0. The average Bonchev–Trinajstić information content (AvgIpc) is 3.14. The molecular formula is C24H17F6N3O3. The zero-order valence-electron chi connectivity index (χ0n) is 18.7. The summed E-state index contributed by atoms with van der Waals surface area (Å²) in [4.78, 5) is 30.4. The first-order valence-corrected chi connectivity index (χ1v) is 10.5. The van der Waals surface area contributed by atoms with Crippen LogP contribution in [0.5, 0.6) is 0 Å². The van der Waals surface area contributed by atoms with Gasteiger partial charge in [-0.3, -0.25) is 9.89 Å². The second-order valence-corrected chi connectivity index (χ2v) is 7.78. The van der Waals surface area contributed by atoms with E-state index < -0.39 is 40.6 Å². The van der Waals surface area contributed by atoms with Crippen LogP contribution in [0, 0.1) is 6.92 Å². The Labute approximate surface area is 199 Å². The number of carbonyl (C=O) groups excluding carboxylic acids is 1. The number of hydrogen-bond acceptors (Lipinski definition) is 4. The number of rotatable bonds is 4. The zero-order valence-corrected chi connectivity index (χ0v) is 18.7. The minimum absolute atomic E-state index is 0.0276. The Bertz CT molecular complexity index is 1500. The molecule has 0 spiro atoms. The minimum Gasteiger partial charge on any atom is -0.462 e. The van der Waals surface area contributed by atoms with Crippen LogP contribution in [0.1, 0.15) is 34.1 Å². The number of aryl methyl sites for hydroxylation is 1. The van der Waals surface area contributed by atoms with Gasteiger partial charge in [-0.05, 0) is 43.7 Å².